The van der Waals surface area contributed by atoms with Gasteiger partial charge in [-0.1, -0.05) is 444 Å². The molecule has 26 aromatic carbocycles. The van der Waals surface area contributed by atoms with Crippen molar-refractivity contribution < 1.29 is 24.5 Å². The van der Waals surface area contributed by atoms with Crippen molar-refractivity contribution in [1.82, 2.24) is 4.57 Å². The van der Waals surface area contributed by atoms with Crippen molar-refractivity contribution in [3.8, 4) is 117 Å². The van der Waals surface area contributed by atoms with Crippen molar-refractivity contribution in [2.75, 3.05) is 0 Å². The second kappa shape index (κ2) is 34.4. The highest BCUT2D eigenvalue weighted by Gasteiger charge is 2.38. The van der Waals surface area contributed by atoms with E-state index in [-0.39, 0.29) is 35.1 Å². The molecule has 1 aliphatic carbocycles. The summed E-state index contributed by atoms with van der Waals surface area (Å²) >= 11 is 0. The van der Waals surface area contributed by atoms with Gasteiger partial charge in [0, 0.05) is 76.1 Å². The molecule has 0 unspecified atom stereocenters. The van der Waals surface area contributed by atoms with Gasteiger partial charge in [-0.05, 0) is 272 Å². The molecule has 0 aliphatic heterocycles. The number of hydrogen-bond donors (Lipinski definition) is 0. The normalized spacial score (nSPS) is 12.9. The van der Waals surface area contributed by atoms with E-state index in [1.165, 1.54) is 131 Å². The standard InChI is InChI=1S/C60H37NO.C44H26O2.C41H28O/c1-3-17-38(18-4-1)44-32-33-51(59-53-37-42(31-34-56(53)62-60(44)59)61-54-29-15-13-23-45(54)46-24-14-16-30-55(46)61)52-36-41(35-40-21-7-8-22-43(40)52)58-49-27-11-9-25-47(49)57(39-19-5-2-6-20-39)48-26-10-12-28-50(48)58;1-2-10-28(11-3-1)41-33-13-4-6-15-35(33)42(36-16-7-5-14-34(36)41)29-20-18-27(19-21-29)30-22-23-32-38-25-24-37-31-12-8-9-17-39(31)45-43(37)44(38)46-40(32)26-30;1-41(2)33-21-11-10-19-30(33)39-34(41)24-23-32-38-31(20-12-22-35(38)42-40(32)39)37-28-17-8-6-15-26(28)36(25-13-4-3-5-14-25)27-16-7-9-18-29(27)37/h1-37H;1-26H;3-24H,1-2H3/i2D,5D,6D,19D,20D;;. The van der Waals surface area contributed by atoms with Crippen molar-refractivity contribution in [3.63, 3.8) is 0 Å². The molecule has 0 amide bonds. The maximum atomic E-state index is 9.08. The summed E-state index contributed by atoms with van der Waals surface area (Å²) in [7, 11) is 0. The highest BCUT2D eigenvalue weighted by atomic mass is 16.4. The first-order valence-electron chi connectivity index (χ1n) is 53.8. The topological polar surface area (TPSA) is 57.5 Å². The molecule has 5 heterocycles. The monoisotopic (exact) mass is 1910 g/mol. The highest BCUT2D eigenvalue weighted by Crippen LogP contribution is 2.57. The lowest BCUT2D eigenvalue weighted by Gasteiger charge is -2.21. The lowest BCUT2D eigenvalue weighted by atomic mass is 9.82. The predicted octanol–water partition coefficient (Wildman–Crippen LogP) is 41.1. The Morgan fingerprint density at radius 1 is 0.187 bits per heavy atom. The summed E-state index contributed by atoms with van der Waals surface area (Å²) in [6, 6.07) is 171. The van der Waals surface area contributed by atoms with Crippen molar-refractivity contribution in [3.05, 3.63) is 527 Å². The summed E-state index contributed by atoms with van der Waals surface area (Å²) in [5.74, 6) is 0. The molecule has 0 spiro atoms. The molecular formula is C145H91NO4. The zero-order valence-corrected chi connectivity index (χ0v) is 81.8. The van der Waals surface area contributed by atoms with Gasteiger partial charge in [0.15, 0.2) is 11.2 Å². The van der Waals surface area contributed by atoms with E-state index in [1.54, 1.807) is 0 Å². The van der Waals surface area contributed by atoms with Gasteiger partial charge in [0.1, 0.15) is 33.5 Å². The number of aromatic nitrogens is 1. The number of fused-ring (bicyclic) bond motifs is 27. The van der Waals surface area contributed by atoms with Gasteiger partial charge >= 0.3 is 0 Å². The Hall–Kier alpha value is -19.5. The van der Waals surface area contributed by atoms with Crippen molar-refractivity contribution >= 4 is 185 Å². The van der Waals surface area contributed by atoms with Crippen LogP contribution in [0.4, 0.5) is 0 Å². The molecule has 0 atom stereocenters. The molecule has 32 rings (SSSR count). The Labute approximate surface area is 870 Å². The molecule has 0 saturated carbocycles. The predicted molar refractivity (Wildman–Crippen MR) is 632 cm³/mol. The van der Waals surface area contributed by atoms with Gasteiger partial charge < -0.3 is 22.2 Å². The zero-order chi connectivity index (χ0) is 103. The van der Waals surface area contributed by atoms with Crippen molar-refractivity contribution in [2.24, 2.45) is 0 Å². The van der Waals surface area contributed by atoms with Crippen LogP contribution in [0.15, 0.2) is 533 Å². The Balaban J connectivity index is 0.000000109. The smallest absolute Gasteiger partial charge is 0.178 e. The molecule has 1 aliphatic rings. The quantitative estimate of drug-likeness (QED) is 0.128. The largest absolute Gasteiger partial charge is 0.455 e. The van der Waals surface area contributed by atoms with Crippen LogP contribution < -0.4 is 0 Å². The van der Waals surface area contributed by atoms with Crippen LogP contribution in [0.2, 0.25) is 0 Å². The average molecular weight is 1920 g/mol. The Bertz CT molecular complexity index is 11100. The average Bonchev–Trinajstić information content (AvgIpc) is 1.48. The van der Waals surface area contributed by atoms with Crippen LogP contribution in [0.1, 0.15) is 31.8 Å². The second-order valence-electron chi connectivity index (χ2n) is 40.0. The van der Waals surface area contributed by atoms with Crippen LogP contribution in [0.3, 0.4) is 0 Å². The van der Waals surface area contributed by atoms with Gasteiger partial charge in [0.05, 0.1) is 17.9 Å². The number of rotatable bonds is 10. The first-order chi connectivity index (χ1) is 76.3. The van der Waals surface area contributed by atoms with Gasteiger partial charge in [-0.3, -0.25) is 0 Å². The van der Waals surface area contributed by atoms with E-state index in [4.69, 9.17) is 24.5 Å². The number of hydrogen-bond acceptors (Lipinski definition) is 4. The maximum Gasteiger partial charge on any atom is 0.178 e. The minimum Gasteiger partial charge on any atom is -0.455 e. The first-order valence-corrected chi connectivity index (χ1v) is 51.3. The fourth-order valence-electron chi connectivity index (χ4n) is 25.0. The summed E-state index contributed by atoms with van der Waals surface area (Å²) < 4.78 is 72.7. The van der Waals surface area contributed by atoms with E-state index in [9.17, 15) is 0 Å². The molecule has 5 nitrogen and oxygen atoms in total. The molecule has 0 bridgehead atoms. The third-order valence-corrected chi connectivity index (χ3v) is 31.6. The van der Waals surface area contributed by atoms with Gasteiger partial charge in [-0.15, -0.1) is 0 Å². The summed E-state index contributed by atoms with van der Waals surface area (Å²) in [6.45, 7) is 4.65. The molecule has 700 valence electrons. The van der Waals surface area contributed by atoms with Crippen LogP contribution in [0, 0.1) is 0 Å². The van der Waals surface area contributed by atoms with E-state index < -0.39 is 6.04 Å². The lowest BCUT2D eigenvalue weighted by molar-refractivity contribution is 0.633. The van der Waals surface area contributed by atoms with Crippen molar-refractivity contribution in [1.29, 1.82) is 0 Å². The van der Waals surface area contributed by atoms with E-state index in [1.807, 2.05) is 60.7 Å². The summed E-state index contributed by atoms with van der Waals surface area (Å²) in [6.07, 6.45) is 0. The van der Waals surface area contributed by atoms with E-state index in [0.717, 1.165) is 171 Å². The van der Waals surface area contributed by atoms with Crippen LogP contribution >= 0.6 is 0 Å². The molecule has 0 radical (unpaired) electrons. The molecular weight excluding hydrogens is 1820 g/mol. The first kappa shape index (κ1) is 80.9. The second-order valence-corrected chi connectivity index (χ2v) is 40.0. The van der Waals surface area contributed by atoms with Crippen molar-refractivity contribution in [2.45, 2.75) is 19.3 Å². The Morgan fingerprint density at radius 3 is 1.16 bits per heavy atom. The SMILES string of the molecule is CC1(C)c2ccccc2-c2c1ccc1c2oc2cccc(-c3c4ccccc4c(-c4ccccc4)c4ccccc34)c21.[2H]c1c([2H])c([2H])c(-c2c3ccccc3c(-c3cc(-c4ccc(-c5ccccc5)c5oc6ccc(-n7c8ccccc8c8ccccc87)cc6c45)c4ccccc4c3)c3ccccc23)c([2H])c1[2H].c1ccc(-c2c3ccccc3c(-c3ccc(-c4ccc5c(c4)oc4c5ccc5c6ccccc6oc54)cc3)c3ccccc23)cc1. The van der Waals surface area contributed by atoms with Crippen LogP contribution in [-0.4, -0.2) is 4.57 Å². The Kier molecular flexibility index (Phi) is 18.5. The maximum absolute atomic E-state index is 9.08. The minimum absolute atomic E-state index is 0.0679. The summed E-state index contributed by atoms with van der Waals surface area (Å²) in [5.41, 5.74) is 34.5. The van der Waals surface area contributed by atoms with Crippen LogP contribution in [0.5, 0.6) is 0 Å². The molecule has 5 heteroatoms. The van der Waals surface area contributed by atoms with E-state index in [2.05, 4.69) is 443 Å². The van der Waals surface area contributed by atoms with Gasteiger partial charge in [0.25, 0.3) is 0 Å². The van der Waals surface area contributed by atoms with Crippen LogP contribution in [0.25, 0.3) is 302 Å². The number of benzene rings is 26. The van der Waals surface area contributed by atoms with E-state index >= 15 is 0 Å². The van der Waals surface area contributed by atoms with Crippen LogP contribution in [-0.2, 0) is 5.41 Å². The fraction of sp³-hybridized carbons (Fsp3) is 0.0207. The zero-order valence-electron chi connectivity index (χ0n) is 86.8. The molecule has 31 aromatic rings. The molecule has 0 saturated heterocycles. The third kappa shape index (κ3) is 13.4. The minimum atomic E-state index is -0.410. The van der Waals surface area contributed by atoms with Gasteiger partial charge in [-0.25, -0.2) is 0 Å². The highest BCUT2D eigenvalue weighted by molar-refractivity contribution is 6.30. The Morgan fingerprint density at radius 2 is 0.587 bits per heavy atom. The third-order valence-electron chi connectivity index (χ3n) is 31.6. The summed E-state index contributed by atoms with van der Waals surface area (Å²) in [5, 5.41) is 26.8. The van der Waals surface area contributed by atoms with Gasteiger partial charge in [-0.2, -0.15) is 0 Å². The number of nitrogens with zero attached hydrogens (tertiary/aromatic N) is 1. The number of furan rings is 4. The number of para-hydroxylation sites is 3. The molecule has 5 aromatic heterocycles. The molecule has 0 N–H and O–H groups in total. The van der Waals surface area contributed by atoms with E-state index in [0.29, 0.717) is 5.56 Å². The summed E-state index contributed by atoms with van der Waals surface area (Å²) in [4.78, 5) is 0. The molecule has 150 heavy (non-hydrogen) atoms. The molecule has 0 fully saturated rings. The lowest BCUT2D eigenvalue weighted by Crippen LogP contribution is -2.14. The fourth-order valence-corrected chi connectivity index (χ4v) is 25.0. The van der Waals surface area contributed by atoms with Gasteiger partial charge in [0.2, 0.25) is 0 Å².